The summed E-state index contributed by atoms with van der Waals surface area (Å²) in [5, 5.41) is 0. The van der Waals surface area contributed by atoms with E-state index >= 15 is 0 Å². The monoisotopic (exact) mass is 240 g/mol. The third-order valence-electron chi connectivity index (χ3n) is 3.95. The number of likely N-dealkylation sites (tertiary alicyclic amines) is 1. The van der Waals surface area contributed by atoms with Gasteiger partial charge in [-0.05, 0) is 25.7 Å². The molecule has 0 unspecified atom stereocenters. The smallest absolute Gasteiger partial charge is 0.242 e. The van der Waals surface area contributed by atoms with Crippen molar-refractivity contribution in [3.05, 3.63) is 0 Å². The van der Waals surface area contributed by atoms with Crippen molar-refractivity contribution in [2.75, 3.05) is 26.3 Å². The number of hydrogen-bond acceptors (Lipinski definition) is 3. The van der Waals surface area contributed by atoms with E-state index in [1.807, 2.05) is 4.90 Å². The van der Waals surface area contributed by atoms with Crippen molar-refractivity contribution >= 4 is 5.91 Å². The number of nitrogens with two attached hydrogens (primary N) is 1. The minimum absolute atomic E-state index is 0.155. The lowest BCUT2D eigenvalue weighted by Gasteiger charge is -2.37. The first-order valence-electron chi connectivity index (χ1n) is 6.88. The molecular weight excluding hydrogens is 216 g/mol. The molecule has 2 fully saturated rings. The largest absolute Gasteiger partial charge is 0.381 e. The number of amides is 1. The van der Waals surface area contributed by atoms with E-state index in [1.54, 1.807) is 0 Å². The molecule has 4 nitrogen and oxygen atoms in total. The van der Waals surface area contributed by atoms with Crippen LogP contribution in [0.5, 0.6) is 0 Å². The molecule has 98 valence electrons. The van der Waals surface area contributed by atoms with Gasteiger partial charge in [-0.3, -0.25) is 4.79 Å². The second kappa shape index (κ2) is 5.83. The van der Waals surface area contributed by atoms with Gasteiger partial charge in [0.05, 0.1) is 5.54 Å². The van der Waals surface area contributed by atoms with E-state index in [2.05, 4.69) is 0 Å². The average molecular weight is 240 g/mol. The molecule has 0 radical (unpaired) electrons. The molecule has 2 saturated heterocycles. The van der Waals surface area contributed by atoms with Crippen LogP contribution in [-0.2, 0) is 9.53 Å². The number of ether oxygens (including phenoxy) is 1. The summed E-state index contributed by atoms with van der Waals surface area (Å²) in [6, 6.07) is 0. The van der Waals surface area contributed by atoms with Crippen LogP contribution in [0, 0.1) is 0 Å². The van der Waals surface area contributed by atoms with Gasteiger partial charge in [-0.15, -0.1) is 0 Å². The lowest BCUT2D eigenvalue weighted by Crippen LogP contribution is -2.58. The zero-order valence-corrected chi connectivity index (χ0v) is 10.6. The normalized spacial score (nSPS) is 26.1. The Kier molecular flexibility index (Phi) is 4.40. The topological polar surface area (TPSA) is 55.6 Å². The van der Waals surface area contributed by atoms with Gasteiger partial charge in [0.15, 0.2) is 0 Å². The highest BCUT2D eigenvalue weighted by Gasteiger charge is 2.38. The highest BCUT2D eigenvalue weighted by Crippen LogP contribution is 2.22. The van der Waals surface area contributed by atoms with Crippen LogP contribution in [0.4, 0.5) is 0 Å². The summed E-state index contributed by atoms with van der Waals surface area (Å²) in [6.45, 7) is 3.02. The SMILES string of the molecule is NC1(C(=O)N2CCCCCCC2)CCOCC1. The summed E-state index contributed by atoms with van der Waals surface area (Å²) in [5.41, 5.74) is 5.60. The fourth-order valence-corrected chi connectivity index (χ4v) is 2.71. The fraction of sp³-hybridized carbons (Fsp3) is 0.923. The van der Waals surface area contributed by atoms with Gasteiger partial charge in [-0.2, -0.15) is 0 Å². The van der Waals surface area contributed by atoms with E-state index in [0.29, 0.717) is 26.1 Å². The first kappa shape index (κ1) is 12.8. The predicted octanol–water partition coefficient (Wildman–Crippen LogP) is 1.29. The number of hydrogen-bond donors (Lipinski definition) is 1. The van der Waals surface area contributed by atoms with Crippen LogP contribution < -0.4 is 5.73 Å². The third-order valence-corrected chi connectivity index (χ3v) is 3.95. The van der Waals surface area contributed by atoms with Crippen molar-refractivity contribution in [3.63, 3.8) is 0 Å². The van der Waals surface area contributed by atoms with Crippen molar-refractivity contribution in [1.29, 1.82) is 0 Å². The molecular formula is C13H24N2O2. The number of nitrogens with zero attached hydrogens (tertiary/aromatic N) is 1. The number of carbonyl (C=O) groups is 1. The Bertz CT molecular complexity index is 254. The molecule has 0 aromatic heterocycles. The van der Waals surface area contributed by atoms with Crippen LogP contribution in [0.25, 0.3) is 0 Å². The Balaban J connectivity index is 1.96. The Morgan fingerprint density at radius 1 is 1.00 bits per heavy atom. The molecule has 2 rings (SSSR count). The maximum absolute atomic E-state index is 12.5. The van der Waals surface area contributed by atoms with Gasteiger partial charge in [0, 0.05) is 26.3 Å². The van der Waals surface area contributed by atoms with Gasteiger partial charge < -0.3 is 15.4 Å². The van der Waals surface area contributed by atoms with Gasteiger partial charge in [0.25, 0.3) is 0 Å². The molecule has 0 aromatic carbocycles. The lowest BCUT2D eigenvalue weighted by molar-refractivity contribution is -0.140. The van der Waals surface area contributed by atoms with Gasteiger partial charge in [-0.25, -0.2) is 0 Å². The van der Waals surface area contributed by atoms with Gasteiger partial charge >= 0.3 is 0 Å². The summed E-state index contributed by atoms with van der Waals surface area (Å²) < 4.78 is 5.30. The van der Waals surface area contributed by atoms with Crippen LogP contribution in [0.3, 0.4) is 0 Å². The molecule has 0 aliphatic carbocycles. The fourth-order valence-electron chi connectivity index (χ4n) is 2.71. The molecule has 2 aliphatic heterocycles. The summed E-state index contributed by atoms with van der Waals surface area (Å²) in [4.78, 5) is 14.5. The Morgan fingerprint density at radius 3 is 2.12 bits per heavy atom. The maximum atomic E-state index is 12.5. The molecule has 17 heavy (non-hydrogen) atoms. The summed E-state index contributed by atoms with van der Waals surface area (Å²) >= 11 is 0. The highest BCUT2D eigenvalue weighted by molar-refractivity contribution is 5.86. The first-order chi connectivity index (χ1) is 8.22. The highest BCUT2D eigenvalue weighted by atomic mass is 16.5. The van der Waals surface area contributed by atoms with Crippen molar-refractivity contribution < 1.29 is 9.53 Å². The van der Waals surface area contributed by atoms with E-state index in [9.17, 15) is 4.79 Å². The van der Waals surface area contributed by atoms with Crippen LogP contribution in [0.2, 0.25) is 0 Å². The standard InChI is InChI=1S/C13H24N2O2/c14-13(6-10-17-11-7-13)12(16)15-8-4-2-1-3-5-9-15/h1-11,14H2. The molecule has 0 atom stereocenters. The average Bonchev–Trinajstić information content (AvgIpc) is 2.29. The van der Waals surface area contributed by atoms with Gasteiger partial charge in [0.1, 0.15) is 0 Å². The van der Waals surface area contributed by atoms with Crippen molar-refractivity contribution in [3.8, 4) is 0 Å². The van der Waals surface area contributed by atoms with E-state index < -0.39 is 5.54 Å². The molecule has 2 N–H and O–H groups in total. The number of rotatable bonds is 1. The summed E-state index contributed by atoms with van der Waals surface area (Å²) in [7, 11) is 0. The molecule has 0 aromatic rings. The van der Waals surface area contributed by atoms with Crippen LogP contribution in [0.15, 0.2) is 0 Å². The molecule has 0 spiro atoms. The second-order valence-electron chi connectivity index (χ2n) is 5.33. The van der Waals surface area contributed by atoms with Crippen LogP contribution in [-0.4, -0.2) is 42.6 Å². The zero-order valence-electron chi connectivity index (χ0n) is 10.6. The molecule has 0 saturated carbocycles. The van der Waals surface area contributed by atoms with E-state index in [1.165, 1.54) is 19.3 Å². The first-order valence-corrected chi connectivity index (χ1v) is 6.88. The van der Waals surface area contributed by atoms with Crippen molar-refractivity contribution in [1.82, 2.24) is 4.90 Å². The summed E-state index contributed by atoms with van der Waals surface area (Å²) in [5.74, 6) is 0.155. The lowest BCUT2D eigenvalue weighted by atomic mass is 9.89. The second-order valence-corrected chi connectivity index (χ2v) is 5.33. The van der Waals surface area contributed by atoms with Crippen LogP contribution >= 0.6 is 0 Å². The molecule has 1 amide bonds. The van der Waals surface area contributed by atoms with Crippen molar-refractivity contribution in [2.24, 2.45) is 5.73 Å². The molecule has 2 heterocycles. The molecule has 0 bridgehead atoms. The van der Waals surface area contributed by atoms with E-state index in [0.717, 1.165) is 25.9 Å². The molecule has 2 aliphatic rings. The maximum Gasteiger partial charge on any atom is 0.242 e. The zero-order chi connectivity index (χ0) is 12.1. The van der Waals surface area contributed by atoms with Gasteiger partial charge in [0.2, 0.25) is 5.91 Å². The number of carbonyl (C=O) groups excluding carboxylic acids is 1. The summed E-state index contributed by atoms with van der Waals surface area (Å²) in [6.07, 6.45) is 7.37. The van der Waals surface area contributed by atoms with E-state index in [-0.39, 0.29) is 5.91 Å². The third kappa shape index (κ3) is 3.19. The van der Waals surface area contributed by atoms with Gasteiger partial charge in [-0.1, -0.05) is 19.3 Å². The Morgan fingerprint density at radius 2 is 1.53 bits per heavy atom. The Labute approximate surface area is 103 Å². The van der Waals surface area contributed by atoms with Crippen molar-refractivity contribution in [2.45, 2.75) is 50.5 Å². The minimum atomic E-state index is -0.655. The minimum Gasteiger partial charge on any atom is -0.381 e. The van der Waals surface area contributed by atoms with Crippen LogP contribution in [0.1, 0.15) is 44.9 Å². The van der Waals surface area contributed by atoms with E-state index in [4.69, 9.17) is 10.5 Å². The predicted molar refractivity (Wildman–Crippen MR) is 66.6 cm³/mol. The Hall–Kier alpha value is -0.610. The quantitative estimate of drug-likeness (QED) is 0.751. The molecule has 4 heteroatoms.